The van der Waals surface area contributed by atoms with Gasteiger partial charge in [0, 0.05) is 5.02 Å². The molecule has 2 rings (SSSR count). The number of hydrogen-bond acceptors (Lipinski definition) is 7. The van der Waals surface area contributed by atoms with E-state index in [1.165, 1.54) is 14.2 Å². The van der Waals surface area contributed by atoms with Crippen LogP contribution in [-0.2, 0) is 22.3 Å². The van der Waals surface area contributed by atoms with Gasteiger partial charge in [-0.05, 0) is 17.7 Å². The van der Waals surface area contributed by atoms with Crippen LogP contribution in [0.5, 0.6) is 12.0 Å². The van der Waals surface area contributed by atoms with Crippen molar-refractivity contribution in [1.29, 1.82) is 0 Å². The number of sulfonamides is 1. The fourth-order valence-electron chi connectivity index (χ4n) is 1.66. The lowest BCUT2D eigenvalue weighted by molar-refractivity contribution is 0.336. The van der Waals surface area contributed by atoms with E-state index in [-0.39, 0.29) is 30.1 Å². The van der Waals surface area contributed by atoms with E-state index in [2.05, 4.69) is 19.7 Å². The van der Waals surface area contributed by atoms with E-state index in [0.29, 0.717) is 10.6 Å². The molecule has 0 aliphatic carbocycles. The van der Waals surface area contributed by atoms with Crippen LogP contribution < -0.4 is 14.2 Å². The first-order valence-electron chi connectivity index (χ1n) is 6.46. The van der Waals surface area contributed by atoms with Gasteiger partial charge in [0.1, 0.15) is 0 Å². The molecule has 0 fully saturated rings. The molecule has 0 spiro atoms. The van der Waals surface area contributed by atoms with Crippen LogP contribution in [0.2, 0.25) is 5.02 Å². The molecule has 0 aliphatic rings. The smallest absolute Gasteiger partial charge is 0.322 e. The highest BCUT2D eigenvalue weighted by atomic mass is 35.5. The number of ether oxygens (including phenoxy) is 2. The van der Waals surface area contributed by atoms with Gasteiger partial charge in [0.15, 0.2) is 5.82 Å². The zero-order valence-corrected chi connectivity index (χ0v) is 14.1. The molecule has 1 heterocycles. The molecule has 2 aromatic rings. The van der Waals surface area contributed by atoms with Crippen molar-refractivity contribution in [3.63, 3.8) is 0 Å². The van der Waals surface area contributed by atoms with Gasteiger partial charge in [0.2, 0.25) is 10.0 Å². The minimum Gasteiger partial charge on any atom is -0.467 e. The summed E-state index contributed by atoms with van der Waals surface area (Å²) < 4.78 is 36.4. The third-order valence-electron chi connectivity index (χ3n) is 2.73. The molecule has 0 saturated heterocycles. The van der Waals surface area contributed by atoms with Crippen molar-refractivity contribution < 1.29 is 17.9 Å². The fraction of sp³-hybridized carbons (Fsp3) is 0.308. The van der Waals surface area contributed by atoms with Crippen molar-refractivity contribution >= 4 is 21.6 Å². The van der Waals surface area contributed by atoms with Gasteiger partial charge in [0.05, 0.1) is 26.5 Å². The summed E-state index contributed by atoms with van der Waals surface area (Å²) in [5, 5.41) is 0.545. The van der Waals surface area contributed by atoms with E-state index >= 15 is 0 Å². The number of nitrogens with zero attached hydrogens (tertiary/aromatic N) is 3. The molecule has 1 aromatic carbocycles. The first-order chi connectivity index (χ1) is 10.9. The molecule has 0 bridgehead atoms. The van der Waals surface area contributed by atoms with Gasteiger partial charge in [-0.3, -0.25) is 0 Å². The molecule has 0 radical (unpaired) electrons. The second kappa shape index (κ2) is 7.53. The Morgan fingerprint density at radius 2 is 1.61 bits per heavy atom. The van der Waals surface area contributed by atoms with E-state index in [1.54, 1.807) is 24.3 Å². The maximum absolute atomic E-state index is 12.1. The molecule has 1 N–H and O–H groups in total. The number of hydrogen-bond donors (Lipinski definition) is 1. The van der Waals surface area contributed by atoms with E-state index in [1.807, 2.05) is 0 Å². The van der Waals surface area contributed by atoms with Gasteiger partial charge in [-0.15, -0.1) is 4.98 Å². The van der Waals surface area contributed by atoms with Crippen LogP contribution >= 0.6 is 11.6 Å². The third kappa shape index (κ3) is 5.31. The summed E-state index contributed by atoms with van der Waals surface area (Å²) in [6.45, 7) is -0.106. The number of aromatic nitrogens is 3. The van der Waals surface area contributed by atoms with Crippen molar-refractivity contribution in [2.45, 2.75) is 12.3 Å². The van der Waals surface area contributed by atoms with E-state index < -0.39 is 10.0 Å². The monoisotopic (exact) mass is 358 g/mol. The van der Waals surface area contributed by atoms with Crippen LogP contribution in [-0.4, -0.2) is 37.6 Å². The molecule has 0 saturated carbocycles. The molecule has 10 heteroatoms. The van der Waals surface area contributed by atoms with Gasteiger partial charge < -0.3 is 9.47 Å². The Morgan fingerprint density at radius 1 is 1.04 bits per heavy atom. The molecule has 0 aliphatic heterocycles. The van der Waals surface area contributed by atoms with Crippen LogP contribution in [0.4, 0.5) is 0 Å². The van der Waals surface area contributed by atoms with Crippen molar-refractivity contribution in [2.75, 3.05) is 14.2 Å². The minimum absolute atomic E-state index is 0.0451. The summed E-state index contributed by atoms with van der Waals surface area (Å²) in [7, 11) is -0.776. The Labute approximate surface area is 138 Å². The largest absolute Gasteiger partial charge is 0.467 e. The topological polar surface area (TPSA) is 103 Å². The van der Waals surface area contributed by atoms with Crippen LogP contribution in [0, 0.1) is 0 Å². The third-order valence-corrected chi connectivity index (χ3v) is 4.28. The Hall–Kier alpha value is -1.97. The van der Waals surface area contributed by atoms with Crippen LogP contribution in [0.25, 0.3) is 0 Å². The van der Waals surface area contributed by atoms with E-state index in [4.69, 9.17) is 21.1 Å². The van der Waals surface area contributed by atoms with Crippen molar-refractivity contribution in [3.8, 4) is 12.0 Å². The number of halogens is 1. The standard InChI is InChI=1S/C13H15ClN4O4S/c1-21-12-16-11(17-13(18-12)22-2)7-15-23(19,20)8-9-3-5-10(14)6-4-9/h3-6,15H,7-8H2,1-2H3. The Balaban J connectivity index is 2.05. The first-order valence-corrected chi connectivity index (χ1v) is 8.49. The summed E-state index contributed by atoms with van der Waals surface area (Å²) in [6, 6.07) is 6.66. The quantitative estimate of drug-likeness (QED) is 0.792. The summed E-state index contributed by atoms with van der Waals surface area (Å²) in [5.41, 5.74) is 0.618. The van der Waals surface area contributed by atoms with Gasteiger partial charge in [-0.1, -0.05) is 23.7 Å². The summed E-state index contributed by atoms with van der Waals surface area (Å²) in [4.78, 5) is 11.7. The maximum atomic E-state index is 12.1. The van der Waals surface area contributed by atoms with Crippen molar-refractivity contribution in [3.05, 3.63) is 40.7 Å². The highest BCUT2D eigenvalue weighted by Gasteiger charge is 2.14. The lowest BCUT2D eigenvalue weighted by atomic mass is 10.2. The number of nitrogens with one attached hydrogen (secondary N) is 1. The lowest BCUT2D eigenvalue weighted by Crippen LogP contribution is -2.26. The first kappa shape index (κ1) is 17.4. The Morgan fingerprint density at radius 3 is 2.13 bits per heavy atom. The summed E-state index contributed by atoms with van der Waals surface area (Å²) in [6.07, 6.45) is 0. The van der Waals surface area contributed by atoms with E-state index in [0.717, 1.165) is 0 Å². The minimum atomic E-state index is -3.56. The van der Waals surface area contributed by atoms with Crippen molar-refractivity contribution in [1.82, 2.24) is 19.7 Å². The SMILES string of the molecule is COc1nc(CNS(=O)(=O)Cc2ccc(Cl)cc2)nc(OC)n1. The summed E-state index contributed by atoms with van der Waals surface area (Å²) in [5.74, 6) is 0.0113. The normalized spacial score (nSPS) is 11.3. The molecule has 8 nitrogen and oxygen atoms in total. The Kier molecular flexibility index (Phi) is 5.69. The molecule has 0 amide bonds. The molecule has 124 valence electrons. The fourth-order valence-corrected chi connectivity index (χ4v) is 2.87. The average Bonchev–Trinajstić information content (AvgIpc) is 2.54. The molecule has 23 heavy (non-hydrogen) atoms. The Bertz CT molecular complexity index is 746. The molecular formula is C13H15ClN4O4S. The highest BCUT2D eigenvalue weighted by Crippen LogP contribution is 2.12. The lowest BCUT2D eigenvalue weighted by Gasteiger charge is -2.08. The second-order valence-electron chi connectivity index (χ2n) is 4.43. The predicted molar refractivity (Wildman–Crippen MR) is 83.8 cm³/mol. The maximum Gasteiger partial charge on any atom is 0.322 e. The number of methoxy groups -OCH3 is 2. The molecular weight excluding hydrogens is 344 g/mol. The van der Waals surface area contributed by atoms with Crippen LogP contribution in [0.1, 0.15) is 11.4 Å². The number of rotatable bonds is 7. The molecule has 0 atom stereocenters. The zero-order chi connectivity index (χ0) is 16.9. The highest BCUT2D eigenvalue weighted by molar-refractivity contribution is 7.88. The number of benzene rings is 1. The van der Waals surface area contributed by atoms with Gasteiger partial charge in [-0.2, -0.15) is 9.97 Å². The van der Waals surface area contributed by atoms with Crippen molar-refractivity contribution in [2.24, 2.45) is 0 Å². The predicted octanol–water partition coefficient (Wildman–Crippen LogP) is 1.16. The van der Waals surface area contributed by atoms with Gasteiger partial charge >= 0.3 is 12.0 Å². The zero-order valence-electron chi connectivity index (χ0n) is 12.5. The van der Waals surface area contributed by atoms with Crippen LogP contribution in [0.15, 0.2) is 24.3 Å². The molecule has 1 aromatic heterocycles. The average molecular weight is 359 g/mol. The second-order valence-corrected chi connectivity index (χ2v) is 6.67. The van der Waals surface area contributed by atoms with E-state index in [9.17, 15) is 8.42 Å². The molecule has 0 unspecified atom stereocenters. The van der Waals surface area contributed by atoms with Gasteiger partial charge in [-0.25, -0.2) is 13.1 Å². The van der Waals surface area contributed by atoms with Crippen LogP contribution in [0.3, 0.4) is 0 Å². The summed E-state index contributed by atoms with van der Waals surface area (Å²) >= 11 is 5.77. The van der Waals surface area contributed by atoms with Gasteiger partial charge in [0.25, 0.3) is 0 Å².